The molecule has 0 atom stereocenters. The molecule has 98 valence electrons. The van der Waals surface area contributed by atoms with Gasteiger partial charge in [0, 0.05) is 19.8 Å². The van der Waals surface area contributed by atoms with Crippen molar-refractivity contribution in [2.45, 2.75) is 9.79 Å². The summed E-state index contributed by atoms with van der Waals surface area (Å²) in [6.07, 6.45) is 0. The lowest BCUT2D eigenvalue weighted by atomic mass is 10.2. The van der Waals surface area contributed by atoms with Crippen molar-refractivity contribution in [1.82, 2.24) is 0 Å². The largest absolute Gasteiger partial charge is 0.409 e. The summed E-state index contributed by atoms with van der Waals surface area (Å²) in [5, 5.41) is 11.8. The highest BCUT2D eigenvalue weighted by atomic mass is 79.9. The van der Waals surface area contributed by atoms with E-state index in [9.17, 15) is 4.39 Å². The highest BCUT2D eigenvalue weighted by Crippen LogP contribution is 2.33. The molecule has 0 saturated heterocycles. The number of amidine groups is 1. The Labute approximate surface area is 122 Å². The minimum Gasteiger partial charge on any atom is -0.409 e. The van der Waals surface area contributed by atoms with Crippen molar-refractivity contribution in [2.75, 3.05) is 0 Å². The standard InChI is InChI=1S/C13H10BrFN2OS/c14-10-2-1-3-11(12(10)13(16)17-18)19-9-6-4-8(15)5-7-9/h1-7,18H,(H2,16,17). The van der Waals surface area contributed by atoms with Crippen LogP contribution < -0.4 is 5.73 Å². The molecule has 0 saturated carbocycles. The Morgan fingerprint density at radius 2 is 1.89 bits per heavy atom. The molecule has 0 radical (unpaired) electrons. The molecule has 0 aliphatic carbocycles. The number of hydrogen-bond acceptors (Lipinski definition) is 3. The molecule has 0 aliphatic rings. The van der Waals surface area contributed by atoms with E-state index in [2.05, 4.69) is 21.1 Å². The van der Waals surface area contributed by atoms with Crippen molar-refractivity contribution in [3.63, 3.8) is 0 Å². The molecular formula is C13H10BrFN2OS. The molecule has 2 aromatic carbocycles. The third-order valence-corrected chi connectivity index (χ3v) is 4.11. The molecule has 3 nitrogen and oxygen atoms in total. The molecule has 0 amide bonds. The lowest BCUT2D eigenvalue weighted by molar-refractivity contribution is 0.318. The zero-order chi connectivity index (χ0) is 13.8. The average Bonchev–Trinajstić information content (AvgIpc) is 2.41. The van der Waals surface area contributed by atoms with Crippen molar-refractivity contribution in [2.24, 2.45) is 10.9 Å². The molecular weight excluding hydrogens is 331 g/mol. The molecule has 0 aliphatic heterocycles. The van der Waals surface area contributed by atoms with Crippen molar-refractivity contribution >= 4 is 33.5 Å². The normalized spacial score (nSPS) is 11.6. The summed E-state index contributed by atoms with van der Waals surface area (Å²) in [6.45, 7) is 0. The highest BCUT2D eigenvalue weighted by Gasteiger charge is 2.12. The fraction of sp³-hybridized carbons (Fsp3) is 0. The first kappa shape index (κ1) is 13.9. The van der Waals surface area contributed by atoms with Crippen LogP contribution in [0.3, 0.4) is 0 Å². The Morgan fingerprint density at radius 1 is 1.21 bits per heavy atom. The minimum atomic E-state index is -0.282. The zero-order valence-electron chi connectivity index (χ0n) is 9.68. The van der Waals surface area contributed by atoms with Gasteiger partial charge in [0.1, 0.15) is 5.82 Å². The summed E-state index contributed by atoms with van der Waals surface area (Å²) in [4.78, 5) is 1.68. The Morgan fingerprint density at radius 3 is 2.53 bits per heavy atom. The maximum absolute atomic E-state index is 12.9. The molecule has 19 heavy (non-hydrogen) atoms. The van der Waals surface area contributed by atoms with E-state index in [-0.39, 0.29) is 11.7 Å². The van der Waals surface area contributed by atoms with Gasteiger partial charge in [-0.2, -0.15) is 0 Å². The number of oxime groups is 1. The number of halogens is 2. The second kappa shape index (κ2) is 6.08. The summed E-state index contributed by atoms with van der Waals surface area (Å²) in [6, 6.07) is 11.7. The van der Waals surface area contributed by atoms with Crippen LogP contribution in [0.1, 0.15) is 5.56 Å². The van der Waals surface area contributed by atoms with Gasteiger partial charge in [0.05, 0.1) is 0 Å². The van der Waals surface area contributed by atoms with Gasteiger partial charge in [0.25, 0.3) is 0 Å². The number of nitrogens with zero attached hydrogens (tertiary/aromatic N) is 1. The third kappa shape index (κ3) is 3.27. The van der Waals surface area contributed by atoms with Crippen LogP contribution in [-0.4, -0.2) is 11.0 Å². The Balaban J connectivity index is 2.40. The van der Waals surface area contributed by atoms with E-state index in [1.54, 1.807) is 12.1 Å². The molecule has 0 aromatic heterocycles. The number of nitrogens with two attached hydrogens (primary N) is 1. The lowest BCUT2D eigenvalue weighted by Gasteiger charge is -2.09. The maximum Gasteiger partial charge on any atom is 0.172 e. The fourth-order valence-corrected chi connectivity index (χ4v) is 3.21. The van der Waals surface area contributed by atoms with Crippen molar-refractivity contribution in [3.8, 4) is 0 Å². The SMILES string of the molecule is N/C(=N/O)c1c(Br)cccc1Sc1ccc(F)cc1. The summed E-state index contributed by atoms with van der Waals surface area (Å²) in [5.41, 5.74) is 6.28. The van der Waals surface area contributed by atoms with Gasteiger partial charge in [-0.3, -0.25) is 0 Å². The van der Waals surface area contributed by atoms with Gasteiger partial charge in [-0.25, -0.2) is 4.39 Å². The summed E-state index contributed by atoms with van der Waals surface area (Å²) in [5.74, 6) is -0.257. The minimum absolute atomic E-state index is 0.0251. The first-order chi connectivity index (χ1) is 9.11. The monoisotopic (exact) mass is 340 g/mol. The second-order valence-corrected chi connectivity index (χ2v) is 5.62. The van der Waals surface area contributed by atoms with Crippen molar-refractivity contribution in [3.05, 3.63) is 58.3 Å². The van der Waals surface area contributed by atoms with Gasteiger partial charge < -0.3 is 10.9 Å². The van der Waals surface area contributed by atoms with Gasteiger partial charge in [0.15, 0.2) is 5.84 Å². The van der Waals surface area contributed by atoms with Gasteiger partial charge in [-0.05, 0) is 52.3 Å². The quantitative estimate of drug-likeness (QED) is 0.386. The molecule has 6 heteroatoms. The summed E-state index contributed by atoms with van der Waals surface area (Å²) in [7, 11) is 0. The smallest absolute Gasteiger partial charge is 0.172 e. The van der Waals surface area contributed by atoms with Gasteiger partial charge in [0.2, 0.25) is 0 Å². The van der Waals surface area contributed by atoms with Crippen LogP contribution in [-0.2, 0) is 0 Å². The van der Waals surface area contributed by atoms with E-state index in [0.717, 1.165) is 14.3 Å². The summed E-state index contributed by atoms with van der Waals surface area (Å²) >= 11 is 4.78. The van der Waals surface area contributed by atoms with E-state index in [1.165, 1.54) is 23.9 Å². The molecule has 0 unspecified atom stereocenters. The molecule has 0 fully saturated rings. The first-order valence-corrected chi connectivity index (χ1v) is 6.92. The Kier molecular flexibility index (Phi) is 4.44. The third-order valence-electron chi connectivity index (χ3n) is 2.38. The first-order valence-electron chi connectivity index (χ1n) is 5.31. The van der Waals surface area contributed by atoms with E-state index in [0.29, 0.717) is 5.56 Å². The molecule has 0 heterocycles. The molecule has 0 spiro atoms. The molecule has 0 bridgehead atoms. The summed E-state index contributed by atoms with van der Waals surface area (Å²) < 4.78 is 13.6. The van der Waals surface area contributed by atoms with E-state index < -0.39 is 0 Å². The van der Waals surface area contributed by atoms with Crippen LogP contribution in [0.5, 0.6) is 0 Å². The van der Waals surface area contributed by atoms with E-state index in [1.807, 2.05) is 18.2 Å². The molecule has 3 N–H and O–H groups in total. The Bertz CT molecular complexity index is 617. The predicted molar refractivity (Wildman–Crippen MR) is 77.2 cm³/mol. The zero-order valence-corrected chi connectivity index (χ0v) is 12.1. The van der Waals surface area contributed by atoms with Gasteiger partial charge in [-0.1, -0.05) is 23.0 Å². The van der Waals surface area contributed by atoms with Crippen molar-refractivity contribution in [1.29, 1.82) is 0 Å². The highest BCUT2D eigenvalue weighted by molar-refractivity contribution is 9.10. The predicted octanol–water partition coefficient (Wildman–Crippen LogP) is 3.83. The van der Waals surface area contributed by atoms with Crippen LogP contribution in [0.25, 0.3) is 0 Å². The van der Waals surface area contributed by atoms with Crippen LogP contribution in [0.2, 0.25) is 0 Å². The maximum atomic E-state index is 12.9. The fourth-order valence-electron chi connectivity index (χ4n) is 1.52. The van der Waals surface area contributed by atoms with Crippen LogP contribution in [0.4, 0.5) is 4.39 Å². The van der Waals surface area contributed by atoms with Gasteiger partial charge in [-0.15, -0.1) is 0 Å². The number of rotatable bonds is 3. The van der Waals surface area contributed by atoms with Crippen LogP contribution in [0, 0.1) is 5.82 Å². The molecule has 2 aromatic rings. The van der Waals surface area contributed by atoms with Crippen LogP contribution in [0.15, 0.2) is 61.9 Å². The van der Waals surface area contributed by atoms with Crippen molar-refractivity contribution < 1.29 is 9.60 Å². The molecule has 2 rings (SSSR count). The Hall–Kier alpha value is -1.53. The van der Waals surface area contributed by atoms with E-state index >= 15 is 0 Å². The number of benzene rings is 2. The lowest BCUT2D eigenvalue weighted by Crippen LogP contribution is -2.15. The van der Waals surface area contributed by atoms with E-state index in [4.69, 9.17) is 10.9 Å². The topological polar surface area (TPSA) is 58.6 Å². The average molecular weight is 341 g/mol. The second-order valence-electron chi connectivity index (χ2n) is 3.65. The number of hydrogen-bond donors (Lipinski definition) is 2. The van der Waals surface area contributed by atoms with Gasteiger partial charge >= 0.3 is 0 Å². The van der Waals surface area contributed by atoms with Crippen LogP contribution >= 0.6 is 27.7 Å².